The topological polar surface area (TPSA) is 0 Å². The lowest BCUT2D eigenvalue weighted by Crippen LogP contribution is -2.01. The van der Waals surface area contributed by atoms with Crippen LogP contribution in [0.4, 0.5) is 4.39 Å². The molecule has 0 N–H and O–H groups in total. The summed E-state index contributed by atoms with van der Waals surface area (Å²) in [7, 11) is 0. The van der Waals surface area contributed by atoms with Crippen LogP contribution in [0.25, 0.3) is 0 Å². The molecule has 0 fully saturated rings. The molecule has 0 amide bonds. The monoisotopic (exact) mass is 276 g/mol. The minimum atomic E-state index is -0.237. The fourth-order valence-electron chi connectivity index (χ4n) is 2.64. The summed E-state index contributed by atoms with van der Waals surface area (Å²) in [5.74, 6) is -0.206. The van der Waals surface area contributed by atoms with Crippen LogP contribution >= 0.6 is 11.6 Å². The van der Waals surface area contributed by atoms with Gasteiger partial charge in [0.1, 0.15) is 5.82 Å². The lowest BCUT2D eigenvalue weighted by atomic mass is 9.94. The van der Waals surface area contributed by atoms with Crippen molar-refractivity contribution in [1.29, 1.82) is 0 Å². The summed E-state index contributed by atoms with van der Waals surface area (Å²) in [6.07, 6.45) is 0. The fourth-order valence-corrected chi connectivity index (χ4v) is 3.11. The van der Waals surface area contributed by atoms with E-state index in [2.05, 4.69) is 32.0 Å². The zero-order valence-electron chi connectivity index (χ0n) is 11.7. The Bertz CT molecular complexity index is 573. The highest BCUT2D eigenvalue weighted by molar-refractivity contribution is 6.22. The van der Waals surface area contributed by atoms with Crippen LogP contribution in [-0.2, 0) is 0 Å². The molecule has 0 saturated carbocycles. The molecule has 0 aromatic heterocycles. The number of alkyl halides is 1. The summed E-state index contributed by atoms with van der Waals surface area (Å²) in [4.78, 5) is 0. The molecule has 2 heteroatoms. The molecule has 0 radical (unpaired) electrons. The number of aryl methyl sites for hydroxylation is 4. The molecule has 0 spiro atoms. The van der Waals surface area contributed by atoms with Gasteiger partial charge in [-0.3, -0.25) is 0 Å². The highest BCUT2D eigenvalue weighted by Gasteiger charge is 2.17. The molecule has 0 aliphatic heterocycles. The van der Waals surface area contributed by atoms with E-state index in [1.165, 1.54) is 11.1 Å². The minimum Gasteiger partial charge on any atom is -0.207 e. The molecule has 1 unspecified atom stereocenters. The van der Waals surface area contributed by atoms with Crippen LogP contribution in [0.2, 0.25) is 0 Å². The summed E-state index contributed by atoms with van der Waals surface area (Å²) >= 11 is 6.62. The van der Waals surface area contributed by atoms with Crippen molar-refractivity contribution in [2.45, 2.75) is 33.1 Å². The predicted octanol–water partition coefficient (Wildman–Crippen LogP) is 5.39. The van der Waals surface area contributed by atoms with Crippen LogP contribution in [0.15, 0.2) is 30.3 Å². The molecule has 2 aromatic carbocycles. The standard InChI is InChI=1S/C17H18ClF/c1-10-5-11(2)7-14(6-10)17(18)16-12(3)8-15(19)9-13(16)4/h5-9,17H,1-4H3. The third-order valence-corrected chi connectivity index (χ3v) is 3.82. The molecule has 0 aliphatic carbocycles. The molecule has 0 aliphatic rings. The lowest BCUT2D eigenvalue weighted by Gasteiger charge is -2.17. The number of halogens is 2. The second-order valence-corrected chi connectivity index (χ2v) is 5.67. The number of hydrogen-bond donors (Lipinski definition) is 0. The van der Waals surface area contributed by atoms with Gasteiger partial charge in [-0.05, 0) is 62.1 Å². The van der Waals surface area contributed by atoms with E-state index in [1.807, 2.05) is 13.8 Å². The van der Waals surface area contributed by atoms with E-state index in [1.54, 1.807) is 12.1 Å². The Morgan fingerprint density at radius 3 is 1.79 bits per heavy atom. The van der Waals surface area contributed by atoms with Gasteiger partial charge in [0, 0.05) is 0 Å². The predicted molar refractivity (Wildman–Crippen MR) is 79.5 cm³/mol. The third kappa shape index (κ3) is 2.98. The van der Waals surface area contributed by atoms with Gasteiger partial charge in [0.15, 0.2) is 0 Å². The first kappa shape index (κ1) is 14.1. The largest absolute Gasteiger partial charge is 0.207 e. The van der Waals surface area contributed by atoms with Crippen molar-refractivity contribution in [2.75, 3.05) is 0 Å². The van der Waals surface area contributed by atoms with Gasteiger partial charge in [-0.1, -0.05) is 29.3 Å². The summed E-state index contributed by atoms with van der Waals surface area (Å²) in [5.41, 5.74) is 6.26. The van der Waals surface area contributed by atoms with Gasteiger partial charge in [-0.25, -0.2) is 4.39 Å². The van der Waals surface area contributed by atoms with Crippen molar-refractivity contribution >= 4 is 11.6 Å². The molecule has 0 bridgehead atoms. The Balaban J connectivity index is 2.52. The molecule has 0 heterocycles. The SMILES string of the molecule is Cc1cc(C)cc(C(Cl)c2c(C)cc(F)cc2C)c1. The maximum Gasteiger partial charge on any atom is 0.123 e. The van der Waals surface area contributed by atoms with Crippen molar-refractivity contribution in [3.8, 4) is 0 Å². The second kappa shape index (κ2) is 5.34. The quantitative estimate of drug-likeness (QED) is 0.645. The van der Waals surface area contributed by atoms with Gasteiger partial charge in [-0.2, -0.15) is 0 Å². The minimum absolute atomic E-state index is 0.206. The molecule has 2 aromatic rings. The molecule has 0 nitrogen and oxygen atoms in total. The van der Waals surface area contributed by atoms with E-state index in [-0.39, 0.29) is 11.2 Å². The molecule has 2 rings (SSSR count). The molecule has 1 atom stereocenters. The van der Waals surface area contributed by atoms with Crippen LogP contribution in [0.5, 0.6) is 0 Å². The van der Waals surface area contributed by atoms with Crippen molar-refractivity contribution in [1.82, 2.24) is 0 Å². The average molecular weight is 277 g/mol. The number of hydrogen-bond acceptors (Lipinski definition) is 0. The van der Waals surface area contributed by atoms with Gasteiger partial charge in [0.25, 0.3) is 0 Å². The van der Waals surface area contributed by atoms with Gasteiger partial charge in [0.05, 0.1) is 5.38 Å². The first-order valence-corrected chi connectivity index (χ1v) is 6.81. The van der Waals surface area contributed by atoms with E-state index in [0.29, 0.717) is 0 Å². The van der Waals surface area contributed by atoms with Gasteiger partial charge in [0.2, 0.25) is 0 Å². The first-order valence-electron chi connectivity index (χ1n) is 6.37. The smallest absolute Gasteiger partial charge is 0.123 e. The molecular weight excluding hydrogens is 259 g/mol. The maximum absolute atomic E-state index is 13.4. The Morgan fingerprint density at radius 2 is 1.32 bits per heavy atom. The summed E-state index contributed by atoms with van der Waals surface area (Å²) in [5, 5.41) is -0.237. The molecular formula is C17H18ClF. The van der Waals surface area contributed by atoms with Crippen LogP contribution in [-0.4, -0.2) is 0 Å². The zero-order valence-corrected chi connectivity index (χ0v) is 12.5. The molecule has 0 saturated heterocycles. The molecule has 100 valence electrons. The van der Waals surface area contributed by atoms with Crippen LogP contribution < -0.4 is 0 Å². The summed E-state index contributed by atoms with van der Waals surface area (Å²) in [6.45, 7) is 7.93. The Morgan fingerprint density at radius 1 is 0.842 bits per heavy atom. The highest BCUT2D eigenvalue weighted by atomic mass is 35.5. The molecule has 19 heavy (non-hydrogen) atoms. The fraction of sp³-hybridized carbons (Fsp3) is 0.294. The van der Waals surface area contributed by atoms with Gasteiger partial charge < -0.3 is 0 Å². The number of rotatable bonds is 2. The maximum atomic E-state index is 13.4. The Kier molecular flexibility index (Phi) is 3.96. The lowest BCUT2D eigenvalue weighted by molar-refractivity contribution is 0.624. The van der Waals surface area contributed by atoms with Crippen molar-refractivity contribution in [3.63, 3.8) is 0 Å². The Labute approximate surface area is 119 Å². The van der Waals surface area contributed by atoms with Gasteiger partial charge in [-0.15, -0.1) is 11.6 Å². The van der Waals surface area contributed by atoms with Crippen LogP contribution in [0.1, 0.15) is 38.8 Å². The van der Waals surface area contributed by atoms with Crippen LogP contribution in [0, 0.1) is 33.5 Å². The van der Waals surface area contributed by atoms with E-state index >= 15 is 0 Å². The van der Waals surface area contributed by atoms with E-state index in [4.69, 9.17) is 11.6 Å². The van der Waals surface area contributed by atoms with Crippen LogP contribution in [0.3, 0.4) is 0 Å². The average Bonchev–Trinajstić information content (AvgIpc) is 2.25. The zero-order chi connectivity index (χ0) is 14.2. The summed E-state index contributed by atoms with van der Waals surface area (Å²) < 4.78 is 13.4. The van der Waals surface area contributed by atoms with Crippen molar-refractivity contribution in [2.24, 2.45) is 0 Å². The number of benzene rings is 2. The third-order valence-electron chi connectivity index (χ3n) is 3.35. The summed E-state index contributed by atoms with van der Waals surface area (Å²) in [6, 6.07) is 9.39. The van der Waals surface area contributed by atoms with Crippen molar-refractivity contribution in [3.05, 3.63) is 69.5 Å². The van der Waals surface area contributed by atoms with Crippen molar-refractivity contribution < 1.29 is 4.39 Å². The van der Waals surface area contributed by atoms with E-state index < -0.39 is 0 Å². The van der Waals surface area contributed by atoms with E-state index in [9.17, 15) is 4.39 Å². The van der Waals surface area contributed by atoms with Gasteiger partial charge >= 0.3 is 0 Å². The first-order chi connectivity index (χ1) is 8.88. The Hall–Kier alpha value is -1.34. The second-order valence-electron chi connectivity index (χ2n) is 5.24. The van der Waals surface area contributed by atoms with E-state index in [0.717, 1.165) is 22.3 Å². The highest BCUT2D eigenvalue weighted by Crippen LogP contribution is 2.34. The normalized spacial score (nSPS) is 12.5.